The summed E-state index contributed by atoms with van der Waals surface area (Å²) in [5.74, 6) is -0.578. The van der Waals surface area contributed by atoms with Gasteiger partial charge in [-0.25, -0.2) is 4.79 Å². The maximum atomic E-state index is 12.6. The fourth-order valence-electron chi connectivity index (χ4n) is 2.34. The van der Waals surface area contributed by atoms with E-state index in [4.69, 9.17) is 9.47 Å². The Morgan fingerprint density at radius 2 is 2.06 bits per heavy atom. The number of rotatable bonds is 0. The van der Waals surface area contributed by atoms with E-state index >= 15 is 0 Å². The van der Waals surface area contributed by atoms with Crippen molar-refractivity contribution in [2.45, 2.75) is 24.8 Å². The third-order valence-corrected chi connectivity index (χ3v) is 3.20. The van der Waals surface area contributed by atoms with Crippen LogP contribution in [0.25, 0.3) is 0 Å². The minimum Gasteiger partial charge on any atom is -0.456 e. The van der Waals surface area contributed by atoms with Gasteiger partial charge >= 0.3 is 12.1 Å². The van der Waals surface area contributed by atoms with E-state index in [2.05, 4.69) is 0 Å². The molecular formula is C12H9F3O3. The summed E-state index contributed by atoms with van der Waals surface area (Å²) in [6.07, 6.45) is -4.94. The number of alkyl halides is 3. The van der Waals surface area contributed by atoms with Crippen molar-refractivity contribution in [1.82, 2.24) is 0 Å². The molecule has 1 aromatic carbocycles. The molecule has 0 N–H and O–H groups in total. The Balaban J connectivity index is 2.11. The second kappa shape index (κ2) is 3.71. The summed E-state index contributed by atoms with van der Waals surface area (Å²) in [5.41, 5.74) is -0.333. The molecule has 2 aliphatic rings. The second-order valence-corrected chi connectivity index (χ2v) is 4.32. The van der Waals surface area contributed by atoms with Crippen LogP contribution < -0.4 is 0 Å². The van der Waals surface area contributed by atoms with Gasteiger partial charge in [-0.2, -0.15) is 13.2 Å². The fourth-order valence-corrected chi connectivity index (χ4v) is 2.34. The largest absolute Gasteiger partial charge is 0.456 e. The molecule has 0 bridgehead atoms. The predicted molar refractivity (Wildman–Crippen MR) is 54.0 cm³/mol. The van der Waals surface area contributed by atoms with Crippen molar-refractivity contribution >= 4 is 5.97 Å². The lowest BCUT2D eigenvalue weighted by Gasteiger charge is -2.27. The van der Waals surface area contributed by atoms with Crippen LogP contribution in [0.5, 0.6) is 0 Å². The maximum absolute atomic E-state index is 12.6. The summed E-state index contributed by atoms with van der Waals surface area (Å²) < 4.78 is 48.4. The molecule has 18 heavy (non-hydrogen) atoms. The zero-order chi connectivity index (χ0) is 12.9. The van der Waals surface area contributed by atoms with Crippen molar-refractivity contribution in [1.29, 1.82) is 0 Å². The standard InChI is InChI=1S/C12H9F3O3/c13-12(14,15)6-1-2-7-8(5-6)10-9(3-4-17-10)18-11(7)16/h1-2,5,9-10H,3-4H2/t9-,10-/m0/s1. The molecule has 6 heteroatoms. The third-order valence-electron chi connectivity index (χ3n) is 3.20. The number of fused-ring (bicyclic) bond motifs is 3. The third kappa shape index (κ3) is 1.68. The summed E-state index contributed by atoms with van der Waals surface area (Å²) in [5, 5.41) is 0. The molecule has 2 atom stereocenters. The van der Waals surface area contributed by atoms with Crippen LogP contribution in [0.3, 0.4) is 0 Å². The SMILES string of the molecule is O=C1O[C@H]2CCO[C@H]2c2cc(C(F)(F)F)ccc21. The minimum atomic E-state index is -4.43. The highest BCUT2D eigenvalue weighted by molar-refractivity contribution is 5.92. The summed E-state index contributed by atoms with van der Waals surface area (Å²) in [4.78, 5) is 11.6. The Labute approximate surface area is 100 Å². The quantitative estimate of drug-likeness (QED) is 0.671. The van der Waals surface area contributed by atoms with Crippen LogP contribution in [0.15, 0.2) is 18.2 Å². The normalized spacial score (nSPS) is 26.5. The van der Waals surface area contributed by atoms with Gasteiger partial charge in [-0.1, -0.05) is 0 Å². The molecule has 0 aromatic heterocycles. The molecule has 96 valence electrons. The van der Waals surface area contributed by atoms with E-state index < -0.39 is 29.9 Å². The molecule has 1 fully saturated rings. The molecule has 0 saturated carbocycles. The zero-order valence-electron chi connectivity index (χ0n) is 9.16. The number of halogens is 3. The Bertz CT molecular complexity index is 510. The lowest BCUT2D eigenvalue weighted by molar-refractivity contribution is -0.137. The Morgan fingerprint density at radius 1 is 1.28 bits per heavy atom. The molecule has 3 nitrogen and oxygen atoms in total. The summed E-state index contributed by atoms with van der Waals surface area (Å²) in [7, 11) is 0. The van der Waals surface area contributed by atoms with Crippen LogP contribution in [0.2, 0.25) is 0 Å². The van der Waals surface area contributed by atoms with Gasteiger partial charge in [0, 0.05) is 6.42 Å². The van der Waals surface area contributed by atoms with Gasteiger partial charge in [0.25, 0.3) is 0 Å². The molecule has 1 aromatic rings. The number of ether oxygens (including phenoxy) is 2. The van der Waals surface area contributed by atoms with Gasteiger partial charge in [0.2, 0.25) is 0 Å². The molecule has 0 radical (unpaired) electrons. The van der Waals surface area contributed by atoms with Gasteiger partial charge in [-0.15, -0.1) is 0 Å². The van der Waals surface area contributed by atoms with E-state index in [-0.39, 0.29) is 11.1 Å². The van der Waals surface area contributed by atoms with Crippen molar-refractivity contribution in [2.75, 3.05) is 6.61 Å². The van der Waals surface area contributed by atoms with Crippen molar-refractivity contribution in [3.8, 4) is 0 Å². The van der Waals surface area contributed by atoms with Crippen LogP contribution in [-0.4, -0.2) is 18.7 Å². The summed E-state index contributed by atoms with van der Waals surface area (Å²) in [6.45, 7) is 0.387. The van der Waals surface area contributed by atoms with Crippen LogP contribution in [0.1, 0.15) is 34.0 Å². The molecule has 3 rings (SSSR count). The minimum absolute atomic E-state index is 0.158. The van der Waals surface area contributed by atoms with Gasteiger partial charge in [0.1, 0.15) is 12.2 Å². The molecule has 0 aliphatic carbocycles. The van der Waals surface area contributed by atoms with E-state index in [1.165, 1.54) is 0 Å². The van der Waals surface area contributed by atoms with E-state index in [0.717, 1.165) is 18.2 Å². The van der Waals surface area contributed by atoms with Gasteiger partial charge < -0.3 is 9.47 Å². The Hall–Kier alpha value is -1.56. The first-order valence-corrected chi connectivity index (χ1v) is 5.50. The van der Waals surface area contributed by atoms with E-state index in [1.807, 2.05) is 0 Å². The number of hydrogen-bond donors (Lipinski definition) is 0. The summed E-state index contributed by atoms with van der Waals surface area (Å²) in [6, 6.07) is 3.02. The molecule has 2 aliphatic heterocycles. The Kier molecular flexibility index (Phi) is 2.38. The van der Waals surface area contributed by atoms with Crippen LogP contribution >= 0.6 is 0 Å². The van der Waals surface area contributed by atoms with Crippen molar-refractivity contribution in [3.05, 3.63) is 34.9 Å². The first kappa shape index (κ1) is 11.5. The fraction of sp³-hybridized carbons (Fsp3) is 0.417. The van der Waals surface area contributed by atoms with Gasteiger partial charge in [0.05, 0.1) is 17.7 Å². The zero-order valence-corrected chi connectivity index (χ0v) is 9.16. The van der Waals surface area contributed by atoms with Crippen LogP contribution in [0, 0.1) is 0 Å². The lowest BCUT2D eigenvalue weighted by atomic mass is 9.93. The highest BCUT2D eigenvalue weighted by Crippen LogP contribution is 2.40. The highest BCUT2D eigenvalue weighted by Gasteiger charge is 2.41. The molecular weight excluding hydrogens is 249 g/mol. The Morgan fingerprint density at radius 3 is 2.78 bits per heavy atom. The van der Waals surface area contributed by atoms with Crippen LogP contribution in [-0.2, 0) is 15.7 Å². The molecule has 2 heterocycles. The first-order chi connectivity index (χ1) is 8.47. The number of carbonyl (C=O) groups excluding carboxylic acids is 1. The van der Waals surface area contributed by atoms with E-state index in [9.17, 15) is 18.0 Å². The van der Waals surface area contributed by atoms with E-state index in [0.29, 0.717) is 13.0 Å². The smallest absolute Gasteiger partial charge is 0.416 e. The number of esters is 1. The topological polar surface area (TPSA) is 35.5 Å². The average Bonchev–Trinajstić information content (AvgIpc) is 2.75. The molecule has 0 spiro atoms. The number of carbonyl (C=O) groups is 1. The monoisotopic (exact) mass is 258 g/mol. The molecule has 0 amide bonds. The van der Waals surface area contributed by atoms with Gasteiger partial charge in [-0.3, -0.25) is 0 Å². The highest BCUT2D eigenvalue weighted by atomic mass is 19.4. The summed E-state index contributed by atoms with van der Waals surface area (Å²) >= 11 is 0. The molecule has 0 unspecified atom stereocenters. The number of hydrogen-bond acceptors (Lipinski definition) is 3. The van der Waals surface area contributed by atoms with Crippen molar-refractivity contribution in [2.24, 2.45) is 0 Å². The maximum Gasteiger partial charge on any atom is 0.416 e. The van der Waals surface area contributed by atoms with Crippen LogP contribution in [0.4, 0.5) is 13.2 Å². The molecule has 1 saturated heterocycles. The van der Waals surface area contributed by atoms with E-state index in [1.54, 1.807) is 0 Å². The van der Waals surface area contributed by atoms with Crippen molar-refractivity contribution in [3.63, 3.8) is 0 Å². The first-order valence-electron chi connectivity index (χ1n) is 5.50. The second-order valence-electron chi connectivity index (χ2n) is 4.32. The lowest BCUT2D eigenvalue weighted by Crippen LogP contribution is -2.29. The average molecular weight is 258 g/mol. The number of benzene rings is 1. The van der Waals surface area contributed by atoms with Gasteiger partial charge in [-0.05, 0) is 23.8 Å². The predicted octanol–water partition coefficient (Wildman–Crippen LogP) is 2.71. The van der Waals surface area contributed by atoms with Gasteiger partial charge in [0.15, 0.2) is 0 Å². The van der Waals surface area contributed by atoms with Crippen molar-refractivity contribution < 1.29 is 27.4 Å².